The topological polar surface area (TPSA) is 96.7 Å². The molecule has 0 atom stereocenters. The number of nitriles is 1. The molecule has 8 heteroatoms. The van der Waals surface area contributed by atoms with Crippen molar-refractivity contribution in [2.45, 2.75) is 11.3 Å². The Morgan fingerprint density at radius 3 is 2.61 bits per heavy atom. The molecule has 0 unspecified atom stereocenters. The quantitative estimate of drug-likeness (QED) is 0.450. The summed E-state index contributed by atoms with van der Waals surface area (Å²) in [5.74, 6) is -0.375. The van der Waals surface area contributed by atoms with Crippen LogP contribution in [-0.4, -0.2) is 28.0 Å². The molecule has 0 radical (unpaired) electrons. The van der Waals surface area contributed by atoms with Crippen molar-refractivity contribution in [3.8, 4) is 17.6 Å². The smallest absolute Gasteiger partial charge is 0.343 e. The van der Waals surface area contributed by atoms with Gasteiger partial charge in [0.2, 0.25) is 0 Å². The molecule has 0 bridgehead atoms. The van der Waals surface area contributed by atoms with Gasteiger partial charge in [-0.25, -0.2) is 13.2 Å². The van der Waals surface area contributed by atoms with Gasteiger partial charge < -0.3 is 9.47 Å². The first-order chi connectivity index (χ1) is 14.9. The van der Waals surface area contributed by atoms with E-state index >= 15 is 0 Å². The Morgan fingerprint density at radius 2 is 1.84 bits per heavy atom. The fourth-order valence-electron chi connectivity index (χ4n) is 3.45. The Morgan fingerprint density at radius 1 is 1.03 bits per heavy atom. The number of methoxy groups -OCH3 is 1. The summed E-state index contributed by atoms with van der Waals surface area (Å²) in [4.78, 5) is 12.7. The number of esters is 1. The molecule has 0 aliphatic carbocycles. The van der Waals surface area contributed by atoms with Crippen LogP contribution in [0, 0.1) is 11.3 Å². The molecule has 31 heavy (non-hydrogen) atoms. The first-order valence-corrected chi connectivity index (χ1v) is 10.9. The number of para-hydroxylation sites is 1. The van der Waals surface area contributed by atoms with Crippen molar-refractivity contribution in [3.05, 3.63) is 83.4 Å². The molecule has 0 saturated carbocycles. The average Bonchev–Trinajstić information content (AvgIpc) is 3.24. The maximum Gasteiger partial charge on any atom is 0.343 e. The number of rotatable bonds is 5. The van der Waals surface area contributed by atoms with Gasteiger partial charge in [-0.05, 0) is 48.4 Å². The van der Waals surface area contributed by atoms with Crippen molar-refractivity contribution in [1.82, 2.24) is 0 Å². The average molecular weight is 434 g/mol. The zero-order valence-corrected chi connectivity index (χ0v) is 17.4. The lowest BCUT2D eigenvalue weighted by Gasteiger charge is -2.20. The van der Waals surface area contributed by atoms with Gasteiger partial charge in [0.15, 0.2) is 11.5 Å². The summed E-state index contributed by atoms with van der Waals surface area (Å²) in [6.45, 7) is 0.346. The monoisotopic (exact) mass is 434 g/mol. The first-order valence-electron chi connectivity index (χ1n) is 9.45. The molecule has 0 amide bonds. The maximum atomic E-state index is 13.2. The second-order valence-corrected chi connectivity index (χ2v) is 8.71. The van der Waals surface area contributed by atoms with E-state index in [1.54, 1.807) is 12.1 Å². The van der Waals surface area contributed by atoms with Gasteiger partial charge in [0.1, 0.15) is 0 Å². The molecule has 4 rings (SSSR count). The largest absolute Gasteiger partial charge is 0.493 e. The molecular weight excluding hydrogens is 416 g/mol. The van der Waals surface area contributed by atoms with E-state index in [9.17, 15) is 13.2 Å². The number of nitrogens with zero attached hydrogens (tertiary/aromatic N) is 2. The first kappa shape index (κ1) is 20.4. The van der Waals surface area contributed by atoms with Crippen LogP contribution >= 0.6 is 0 Å². The number of carbonyl (C=O) groups excluding carboxylic acids is 1. The number of hydrogen-bond donors (Lipinski definition) is 0. The summed E-state index contributed by atoms with van der Waals surface area (Å²) in [7, 11) is -2.44. The van der Waals surface area contributed by atoms with Crippen molar-refractivity contribution in [1.29, 1.82) is 5.26 Å². The molecule has 3 aromatic rings. The minimum atomic E-state index is -3.84. The third kappa shape index (κ3) is 3.83. The number of ether oxygens (including phenoxy) is 2. The van der Waals surface area contributed by atoms with Crippen molar-refractivity contribution >= 4 is 21.7 Å². The standard InChI is InChI=1S/C23H18N2O5S/c1-29-22-13-16(15-24)9-10-21(22)30-23(26)18-6-4-7-19(14-18)31(27,28)25-12-11-17-5-2-3-8-20(17)25/h2-10,13-14H,11-12H2,1H3. The molecule has 7 nitrogen and oxygen atoms in total. The van der Waals surface area contributed by atoms with Gasteiger partial charge in [0.25, 0.3) is 10.0 Å². The lowest BCUT2D eigenvalue weighted by molar-refractivity contribution is 0.0729. The fourth-order valence-corrected chi connectivity index (χ4v) is 5.00. The minimum Gasteiger partial charge on any atom is -0.493 e. The van der Waals surface area contributed by atoms with E-state index in [2.05, 4.69) is 0 Å². The van der Waals surface area contributed by atoms with Gasteiger partial charge in [-0.1, -0.05) is 24.3 Å². The molecule has 1 heterocycles. The molecule has 156 valence electrons. The highest BCUT2D eigenvalue weighted by molar-refractivity contribution is 7.92. The van der Waals surface area contributed by atoms with Crippen LogP contribution in [0.1, 0.15) is 21.5 Å². The second-order valence-electron chi connectivity index (χ2n) is 6.85. The normalized spacial score (nSPS) is 12.7. The van der Waals surface area contributed by atoms with E-state index in [4.69, 9.17) is 14.7 Å². The summed E-state index contributed by atoms with van der Waals surface area (Å²) in [6.07, 6.45) is 0.635. The van der Waals surface area contributed by atoms with Crippen LogP contribution in [0.4, 0.5) is 5.69 Å². The summed E-state index contributed by atoms with van der Waals surface area (Å²) < 4.78 is 38.4. The zero-order chi connectivity index (χ0) is 22.0. The van der Waals surface area contributed by atoms with Crippen LogP contribution < -0.4 is 13.8 Å². The van der Waals surface area contributed by atoms with E-state index < -0.39 is 16.0 Å². The Kier molecular flexibility index (Phi) is 5.36. The highest BCUT2D eigenvalue weighted by atomic mass is 32.2. The van der Waals surface area contributed by atoms with E-state index in [1.807, 2.05) is 18.2 Å². The van der Waals surface area contributed by atoms with Crippen LogP contribution in [0.15, 0.2) is 71.6 Å². The highest BCUT2D eigenvalue weighted by Crippen LogP contribution is 2.33. The van der Waals surface area contributed by atoms with E-state index in [-0.39, 0.29) is 22.0 Å². The number of sulfonamides is 1. The number of carbonyl (C=O) groups is 1. The van der Waals surface area contributed by atoms with Gasteiger partial charge in [0, 0.05) is 12.6 Å². The summed E-state index contributed by atoms with van der Waals surface area (Å²) in [5.41, 5.74) is 2.06. The third-order valence-electron chi connectivity index (χ3n) is 5.00. The lowest BCUT2D eigenvalue weighted by Crippen LogP contribution is -2.29. The molecule has 0 N–H and O–H groups in total. The summed E-state index contributed by atoms with van der Waals surface area (Å²) in [6, 6.07) is 19.5. The predicted molar refractivity (Wildman–Crippen MR) is 114 cm³/mol. The fraction of sp³-hybridized carbons (Fsp3) is 0.130. The van der Waals surface area contributed by atoms with Gasteiger partial charge in [-0.15, -0.1) is 0 Å². The number of benzene rings is 3. The van der Waals surface area contributed by atoms with E-state index in [1.165, 1.54) is 53.9 Å². The molecule has 1 aliphatic rings. The Bertz CT molecular complexity index is 1310. The van der Waals surface area contributed by atoms with Crippen LogP contribution in [0.3, 0.4) is 0 Å². The molecule has 0 saturated heterocycles. The van der Waals surface area contributed by atoms with Crippen molar-refractivity contribution < 1.29 is 22.7 Å². The van der Waals surface area contributed by atoms with Crippen LogP contribution in [-0.2, 0) is 16.4 Å². The van der Waals surface area contributed by atoms with Gasteiger partial charge in [-0.3, -0.25) is 4.31 Å². The van der Waals surface area contributed by atoms with Crippen LogP contribution in [0.5, 0.6) is 11.5 Å². The Labute approximate surface area is 180 Å². The molecule has 0 aromatic heterocycles. The summed E-state index contributed by atoms with van der Waals surface area (Å²) in [5, 5.41) is 8.99. The molecular formula is C23H18N2O5S. The van der Waals surface area contributed by atoms with Crippen LogP contribution in [0.25, 0.3) is 0 Å². The summed E-state index contributed by atoms with van der Waals surface area (Å²) >= 11 is 0. The van der Waals surface area contributed by atoms with Gasteiger partial charge in [0.05, 0.1) is 34.9 Å². The molecule has 3 aromatic carbocycles. The maximum absolute atomic E-state index is 13.2. The van der Waals surface area contributed by atoms with Gasteiger partial charge >= 0.3 is 5.97 Å². The van der Waals surface area contributed by atoms with Gasteiger partial charge in [-0.2, -0.15) is 5.26 Å². The SMILES string of the molecule is COc1cc(C#N)ccc1OC(=O)c1cccc(S(=O)(=O)N2CCc3ccccc32)c1. The molecule has 0 fully saturated rings. The number of hydrogen-bond acceptors (Lipinski definition) is 6. The van der Waals surface area contributed by atoms with Crippen molar-refractivity contribution in [2.24, 2.45) is 0 Å². The highest BCUT2D eigenvalue weighted by Gasteiger charge is 2.31. The predicted octanol–water partition coefficient (Wildman–Crippen LogP) is 3.54. The second kappa shape index (κ2) is 8.13. The lowest BCUT2D eigenvalue weighted by atomic mass is 10.2. The molecule has 0 spiro atoms. The van der Waals surface area contributed by atoms with Crippen molar-refractivity contribution in [3.63, 3.8) is 0 Å². The minimum absolute atomic E-state index is 0.00504. The van der Waals surface area contributed by atoms with Crippen molar-refractivity contribution in [2.75, 3.05) is 18.0 Å². The van der Waals surface area contributed by atoms with E-state index in [0.717, 1.165) is 5.56 Å². The number of anilines is 1. The Balaban J connectivity index is 1.62. The molecule has 1 aliphatic heterocycles. The number of fused-ring (bicyclic) bond motifs is 1. The third-order valence-corrected chi connectivity index (χ3v) is 6.81. The van der Waals surface area contributed by atoms with E-state index in [0.29, 0.717) is 24.2 Å². The zero-order valence-electron chi connectivity index (χ0n) is 16.6. The van der Waals surface area contributed by atoms with Crippen LogP contribution in [0.2, 0.25) is 0 Å². The Hall–Kier alpha value is -3.83.